The van der Waals surface area contributed by atoms with Gasteiger partial charge in [0.15, 0.2) is 0 Å². The Kier molecular flexibility index (Phi) is 10.3. The van der Waals surface area contributed by atoms with Crippen molar-refractivity contribution in [1.29, 1.82) is 0 Å². The standard InChI is InChI=1S/C17H20N4O5.C6H11NO2/c1-26-14-6-4-12(5-7-14)16(24)18-19-10-8-15(23)20-9-2-3-13(11-22)21(20)17(19)25;1-5(9)3-6(4-8)7-2/h4-7,11,13H,2-3,8-10H2,1H3,(H,18,24);4,6-7H,3H2,1-2H3/t13-;6-/m00/s1. The third-order valence-electron chi connectivity index (χ3n) is 5.50. The molecule has 190 valence electrons. The fourth-order valence-corrected chi connectivity index (χ4v) is 3.59. The maximum Gasteiger partial charge on any atom is 0.358 e. The largest absolute Gasteiger partial charge is 0.497 e. The highest BCUT2D eigenvalue weighted by Gasteiger charge is 2.41. The van der Waals surface area contributed by atoms with E-state index in [9.17, 15) is 28.8 Å². The number of nitrogens with one attached hydrogen (secondary N) is 2. The van der Waals surface area contributed by atoms with Gasteiger partial charge in [-0.15, -0.1) is 0 Å². The Balaban J connectivity index is 0.000000410. The molecule has 1 aromatic rings. The van der Waals surface area contributed by atoms with Gasteiger partial charge in [0.05, 0.1) is 19.7 Å². The number of rotatable bonds is 8. The molecule has 2 heterocycles. The highest BCUT2D eigenvalue weighted by atomic mass is 16.5. The molecule has 2 N–H and O–H groups in total. The van der Waals surface area contributed by atoms with E-state index in [4.69, 9.17) is 4.74 Å². The van der Waals surface area contributed by atoms with Gasteiger partial charge in [-0.2, -0.15) is 0 Å². The van der Waals surface area contributed by atoms with Crippen molar-refractivity contribution >= 4 is 36.2 Å². The van der Waals surface area contributed by atoms with E-state index in [-0.39, 0.29) is 30.7 Å². The molecule has 0 spiro atoms. The Hall–Kier alpha value is -3.80. The van der Waals surface area contributed by atoms with E-state index < -0.39 is 18.0 Å². The Labute approximate surface area is 203 Å². The molecule has 0 saturated carbocycles. The van der Waals surface area contributed by atoms with Crippen LogP contribution in [0.15, 0.2) is 24.3 Å². The minimum Gasteiger partial charge on any atom is -0.497 e. The van der Waals surface area contributed by atoms with Gasteiger partial charge in [-0.05, 0) is 51.1 Å². The Morgan fingerprint density at radius 2 is 1.86 bits per heavy atom. The number of carbonyl (C=O) groups is 6. The summed E-state index contributed by atoms with van der Waals surface area (Å²) < 4.78 is 5.05. The lowest BCUT2D eigenvalue weighted by atomic mass is 10.1. The molecule has 1 aromatic carbocycles. The van der Waals surface area contributed by atoms with Gasteiger partial charge in [0, 0.05) is 24.9 Å². The number of ketones is 1. The Morgan fingerprint density at radius 3 is 2.37 bits per heavy atom. The topological polar surface area (TPSA) is 145 Å². The molecule has 0 bridgehead atoms. The normalized spacial score (nSPS) is 18.4. The molecule has 0 aliphatic carbocycles. The summed E-state index contributed by atoms with van der Waals surface area (Å²) in [6, 6.07) is 4.82. The zero-order chi connectivity index (χ0) is 26.0. The third-order valence-corrected chi connectivity index (χ3v) is 5.50. The van der Waals surface area contributed by atoms with Crippen molar-refractivity contribution in [3.8, 4) is 5.75 Å². The quantitative estimate of drug-likeness (QED) is 0.497. The lowest BCUT2D eigenvalue weighted by molar-refractivity contribution is -0.151. The fraction of sp³-hybridized carbons (Fsp3) is 0.478. The van der Waals surface area contributed by atoms with E-state index >= 15 is 0 Å². The van der Waals surface area contributed by atoms with Crippen LogP contribution in [0.25, 0.3) is 0 Å². The Bertz CT molecular complexity index is 937. The number of benzene rings is 1. The average molecular weight is 490 g/mol. The molecule has 35 heavy (non-hydrogen) atoms. The van der Waals surface area contributed by atoms with Crippen molar-refractivity contribution in [2.75, 3.05) is 27.2 Å². The van der Waals surface area contributed by atoms with Gasteiger partial charge in [0.25, 0.3) is 5.91 Å². The van der Waals surface area contributed by atoms with Crippen molar-refractivity contribution in [3.05, 3.63) is 29.8 Å². The molecule has 2 aliphatic heterocycles. The molecule has 12 heteroatoms. The second-order valence-corrected chi connectivity index (χ2v) is 8.00. The fourth-order valence-electron chi connectivity index (χ4n) is 3.59. The maximum absolute atomic E-state index is 12.8. The minimum absolute atomic E-state index is 0.0291. The van der Waals surface area contributed by atoms with Crippen LogP contribution >= 0.6 is 0 Å². The van der Waals surface area contributed by atoms with Gasteiger partial charge in [0.2, 0.25) is 5.91 Å². The molecular weight excluding hydrogens is 458 g/mol. The van der Waals surface area contributed by atoms with Crippen LogP contribution < -0.4 is 15.5 Å². The van der Waals surface area contributed by atoms with Crippen LogP contribution in [-0.4, -0.2) is 90.6 Å². The molecule has 12 nitrogen and oxygen atoms in total. The lowest BCUT2D eigenvalue weighted by Crippen LogP contribution is -2.61. The lowest BCUT2D eigenvalue weighted by Gasteiger charge is -2.41. The summed E-state index contributed by atoms with van der Waals surface area (Å²) in [5.74, 6) is -0.0927. The van der Waals surface area contributed by atoms with Crippen LogP contribution in [0.4, 0.5) is 4.79 Å². The molecule has 0 radical (unpaired) electrons. The van der Waals surface area contributed by atoms with E-state index in [1.165, 1.54) is 19.0 Å². The number of hydrazine groups is 2. The zero-order valence-corrected chi connectivity index (χ0v) is 20.1. The molecule has 0 aromatic heterocycles. The number of likely N-dealkylation sites (N-methyl/N-ethyl adjacent to an activating group) is 1. The number of fused-ring (bicyclic) bond motifs is 1. The van der Waals surface area contributed by atoms with Crippen molar-refractivity contribution in [2.24, 2.45) is 0 Å². The van der Waals surface area contributed by atoms with Gasteiger partial charge >= 0.3 is 6.03 Å². The summed E-state index contributed by atoms with van der Waals surface area (Å²) >= 11 is 0. The number of carbonyl (C=O) groups excluding carboxylic acids is 6. The van der Waals surface area contributed by atoms with Gasteiger partial charge in [-0.25, -0.2) is 19.8 Å². The molecular formula is C23H31N5O7. The van der Waals surface area contributed by atoms with Crippen LogP contribution in [0.2, 0.25) is 0 Å². The first-order valence-electron chi connectivity index (χ1n) is 11.2. The summed E-state index contributed by atoms with van der Waals surface area (Å²) in [6.07, 6.45) is 2.89. The highest BCUT2D eigenvalue weighted by Crippen LogP contribution is 2.22. The Morgan fingerprint density at radius 1 is 1.17 bits per heavy atom. The summed E-state index contributed by atoms with van der Waals surface area (Å²) in [5, 5.41) is 6.25. The number of nitrogens with zero attached hydrogens (tertiary/aromatic N) is 3. The van der Waals surface area contributed by atoms with Crippen LogP contribution in [0.5, 0.6) is 5.75 Å². The number of ether oxygens (including phenoxy) is 1. The average Bonchev–Trinajstić information content (AvgIpc) is 2.99. The summed E-state index contributed by atoms with van der Waals surface area (Å²) in [7, 11) is 3.18. The molecule has 4 amide bonds. The first kappa shape index (κ1) is 27.4. The van der Waals surface area contributed by atoms with Gasteiger partial charge in [0.1, 0.15) is 30.1 Å². The van der Waals surface area contributed by atoms with Crippen LogP contribution in [0.1, 0.15) is 43.0 Å². The zero-order valence-electron chi connectivity index (χ0n) is 20.1. The van der Waals surface area contributed by atoms with Gasteiger partial charge in [-0.3, -0.25) is 19.8 Å². The molecule has 2 saturated heterocycles. The van der Waals surface area contributed by atoms with E-state index in [1.54, 1.807) is 31.3 Å². The second kappa shape index (κ2) is 13.2. The van der Waals surface area contributed by atoms with Crippen molar-refractivity contribution < 1.29 is 33.5 Å². The predicted octanol–water partition coefficient (Wildman–Crippen LogP) is 0.325. The summed E-state index contributed by atoms with van der Waals surface area (Å²) in [5.41, 5.74) is 2.87. The summed E-state index contributed by atoms with van der Waals surface area (Å²) in [6.45, 7) is 1.89. The smallest absolute Gasteiger partial charge is 0.358 e. The molecule has 3 rings (SSSR count). The van der Waals surface area contributed by atoms with E-state index in [1.807, 2.05) is 0 Å². The monoisotopic (exact) mass is 489 g/mol. The van der Waals surface area contributed by atoms with Crippen molar-refractivity contribution in [1.82, 2.24) is 25.8 Å². The number of aldehydes is 2. The molecule has 2 fully saturated rings. The van der Waals surface area contributed by atoms with Crippen LogP contribution in [-0.2, 0) is 19.2 Å². The first-order chi connectivity index (χ1) is 16.7. The second-order valence-electron chi connectivity index (χ2n) is 8.00. The van der Waals surface area contributed by atoms with Gasteiger partial charge < -0.3 is 19.6 Å². The molecule has 0 unspecified atom stereocenters. The minimum atomic E-state index is -0.710. The number of methoxy groups -OCH3 is 1. The predicted molar refractivity (Wildman–Crippen MR) is 124 cm³/mol. The van der Waals surface area contributed by atoms with E-state index in [0.717, 1.165) is 16.3 Å². The van der Waals surface area contributed by atoms with Crippen LogP contribution in [0, 0.1) is 0 Å². The number of Topliss-reactive ketones (excluding diaryl/α,β-unsaturated/α-hetero) is 1. The van der Waals surface area contributed by atoms with Gasteiger partial charge in [-0.1, -0.05) is 0 Å². The number of urea groups is 1. The summed E-state index contributed by atoms with van der Waals surface area (Å²) in [4.78, 5) is 69.3. The van der Waals surface area contributed by atoms with E-state index in [2.05, 4.69) is 10.7 Å². The number of hydrogen-bond acceptors (Lipinski definition) is 8. The SMILES string of the molecule is CN[C@H](C=O)CC(C)=O.COc1ccc(C(=O)NN2CCC(=O)N3CCC[C@@H](C=O)N3C2=O)cc1. The first-order valence-corrected chi connectivity index (χ1v) is 11.2. The molecule has 2 aliphatic rings. The third kappa shape index (κ3) is 7.34. The molecule has 2 atom stereocenters. The van der Waals surface area contributed by atoms with Crippen LogP contribution in [0.3, 0.4) is 0 Å². The van der Waals surface area contributed by atoms with Crippen molar-refractivity contribution in [3.63, 3.8) is 0 Å². The van der Waals surface area contributed by atoms with Crippen molar-refractivity contribution in [2.45, 2.75) is 44.7 Å². The maximum atomic E-state index is 12.8. The number of amides is 4. The van der Waals surface area contributed by atoms with E-state index in [0.29, 0.717) is 43.4 Å². The highest BCUT2D eigenvalue weighted by molar-refractivity contribution is 5.96. The number of hydrogen-bond donors (Lipinski definition) is 2.